The summed E-state index contributed by atoms with van der Waals surface area (Å²) in [6, 6.07) is 0.202. The summed E-state index contributed by atoms with van der Waals surface area (Å²) in [5.74, 6) is 1.41. The maximum Gasteiger partial charge on any atom is 0.200 e. The smallest absolute Gasteiger partial charge is 0.200 e. The Morgan fingerprint density at radius 3 is 3.29 bits per heavy atom. The Labute approximate surface area is 80.0 Å². The summed E-state index contributed by atoms with van der Waals surface area (Å²) in [7, 11) is 1.92. The fourth-order valence-electron chi connectivity index (χ4n) is 2.30. The number of epoxide rings is 1. The molecule has 4 rings (SSSR count). The molecule has 2 fully saturated rings. The number of ether oxygens (including phenoxy) is 1. The summed E-state index contributed by atoms with van der Waals surface area (Å²) in [4.78, 5) is 10.6. The van der Waals surface area contributed by atoms with E-state index in [9.17, 15) is 0 Å². The fourth-order valence-corrected chi connectivity index (χ4v) is 2.30. The lowest BCUT2D eigenvalue weighted by Crippen LogP contribution is -2.53. The first-order valence-electron chi connectivity index (χ1n) is 4.56. The van der Waals surface area contributed by atoms with Crippen molar-refractivity contribution in [1.82, 2.24) is 14.5 Å². The first-order valence-corrected chi connectivity index (χ1v) is 4.56. The number of aryl methyl sites for hydroxylation is 1. The monoisotopic (exact) mass is 191 g/mol. The molecule has 0 amide bonds. The van der Waals surface area contributed by atoms with E-state index >= 15 is 0 Å². The van der Waals surface area contributed by atoms with Crippen molar-refractivity contribution in [2.24, 2.45) is 17.8 Å². The van der Waals surface area contributed by atoms with Gasteiger partial charge in [-0.25, -0.2) is 4.98 Å². The average Bonchev–Trinajstić information content (AvgIpc) is 2.71. The maximum atomic E-state index is 5.83. The molecular weight excluding hydrogens is 182 g/mol. The maximum absolute atomic E-state index is 5.83. The largest absolute Gasteiger partial charge is 0.369 e. The predicted molar refractivity (Wildman–Crippen MR) is 47.7 cm³/mol. The van der Waals surface area contributed by atoms with Crippen LogP contribution in [0.25, 0.3) is 0 Å². The minimum Gasteiger partial charge on any atom is -0.369 e. The number of hydrogen-bond donors (Lipinski definition) is 1. The van der Waals surface area contributed by atoms with Crippen LogP contribution in [-0.2, 0) is 11.8 Å². The SMILES string of the molecule is Cn1cnc2c1N=C(N)N1C2[C@H]2O[C@H]21. The topological polar surface area (TPSA) is 72.0 Å². The zero-order valence-corrected chi connectivity index (χ0v) is 7.58. The minimum atomic E-state index is 0.166. The third-order valence-electron chi connectivity index (χ3n) is 3.08. The number of nitrogens with two attached hydrogens (primary N) is 1. The molecule has 2 N–H and O–H groups in total. The zero-order valence-electron chi connectivity index (χ0n) is 7.58. The molecule has 0 spiro atoms. The molecule has 0 bridgehead atoms. The van der Waals surface area contributed by atoms with Crippen LogP contribution in [0.2, 0.25) is 0 Å². The van der Waals surface area contributed by atoms with Crippen molar-refractivity contribution in [2.75, 3.05) is 0 Å². The molecule has 3 atom stereocenters. The van der Waals surface area contributed by atoms with E-state index in [0.29, 0.717) is 5.96 Å². The summed E-state index contributed by atoms with van der Waals surface area (Å²) in [6.45, 7) is 0. The van der Waals surface area contributed by atoms with E-state index in [1.54, 1.807) is 6.33 Å². The molecule has 3 aliphatic heterocycles. The Hall–Kier alpha value is -1.56. The molecule has 14 heavy (non-hydrogen) atoms. The Morgan fingerprint density at radius 2 is 2.43 bits per heavy atom. The zero-order chi connectivity index (χ0) is 9.45. The molecule has 6 heteroatoms. The van der Waals surface area contributed by atoms with Gasteiger partial charge in [0.2, 0.25) is 5.96 Å². The molecule has 0 radical (unpaired) electrons. The van der Waals surface area contributed by atoms with Gasteiger partial charge in [0.05, 0.1) is 6.33 Å². The number of guanidine groups is 1. The van der Waals surface area contributed by atoms with Gasteiger partial charge in [-0.3, -0.25) is 0 Å². The third-order valence-corrected chi connectivity index (χ3v) is 3.08. The molecule has 1 unspecified atom stereocenters. The molecule has 72 valence electrons. The number of fused-ring (bicyclic) bond motifs is 6. The summed E-state index contributed by atoms with van der Waals surface area (Å²) in [6.07, 6.45) is 2.22. The van der Waals surface area contributed by atoms with Crippen molar-refractivity contribution in [3.63, 3.8) is 0 Å². The van der Waals surface area contributed by atoms with Gasteiger partial charge >= 0.3 is 0 Å². The second kappa shape index (κ2) is 1.78. The Bertz CT molecular complexity index is 464. The van der Waals surface area contributed by atoms with Crippen molar-refractivity contribution in [2.45, 2.75) is 18.4 Å². The normalized spacial score (nSPS) is 36.5. The number of hydrogen-bond acceptors (Lipinski definition) is 5. The predicted octanol–water partition coefficient (Wildman–Crippen LogP) is -0.539. The van der Waals surface area contributed by atoms with Crippen molar-refractivity contribution in [1.29, 1.82) is 0 Å². The highest BCUT2D eigenvalue weighted by Gasteiger charge is 2.66. The molecule has 2 saturated heterocycles. The molecular formula is C8H9N5O. The number of aliphatic imine (C=N–C) groups is 1. The molecule has 3 aliphatic rings. The first kappa shape index (κ1) is 6.83. The van der Waals surface area contributed by atoms with Crippen LogP contribution in [0.3, 0.4) is 0 Å². The van der Waals surface area contributed by atoms with Gasteiger partial charge in [-0.2, -0.15) is 4.99 Å². The van der Waals surface area contributed by atoms with E-state index in [4.69, 9.17) is 10.5 Å². The Kier molecular flexibility index (Phi) is 0.870. The standard InChI is InChI=1S/C8H9N5O/c1-12-2-10-3-4-5-7(14-5)13(4)8(9)11-6(3)12/h2,4-5,7H,1H3,(H2,9,11)/t4?,5-,7-/m1/s1. The van der Waals surface area contributed by atoms with E-state index in [1.165, 1.54) is 0 Å². The van der Waals surface area contributed by atoms with Gasteiger partial charge in [0, 0.05) is 7.05 Å². The summed E-state index contributed by atoms with van der Waals surface area (Å²) in [5, 5.41) is 0. The molecule has 0 aliphatic carbocycles. The fraction of sp³-hybridized carbons (Fsp3) is 0.500. The van der Waals surface area contributed by atoms with Crippen LogP contribution in [0.5, 0.6) is 0 Å². The lowest BCUT2D eigenvalue weighted by atomic mass is 9.99. The van der Waals surface area contributed by atoms with Crippen LogP contribution in [0.15, 0.2) is 11.3 Å². The first-order chi connectivity index (χ1) is 6.77. The third kappa shape index (κ3) is 0.542. The van der Waals surface area contributed by atoms with Crippen LogP contribution in [-0.4, -0.2) is 32.7 Å². The van der Waals surface area contributed by atoms with Crippen LogP contribution >= 0.6 is 0 Å². The van der Waals surface area contributed by atoms with Gasteiger partial charge in [0.15, 0.2) is 12.0 Å². The van der Waals surface area contributed by atoms with E-state index in [-0.39, 0.29) is 18.4 Å². The van der Waals surface area contributed by atoms with Crippen LogP contribution in [0, 0.1) is 0 Å². The second-order valence-corrected chi connectivity index (χ2v) is 3.88. The van der Waals surface area contributed by atoms with Gasteiger partial charge in [-0.15, -0.1) is 0 Å². The number of rotatable bonds is 0. The van der Waals surface area contributed by atoms with E-state index < -0.39 is 0 Å². The van der Waals surface area contributed by atoms with Crippen LogP contribution < -0.4 is 5.73 Å². The van der Waals surface area contributed by atoms with Crippen molar-refractivity contribution < 1.29 is 4.74 Å². The number of aromatic nitrogens is 2. The number of imidazole rings is 1. The molecule has 0 saturated carbocycles. The number of nitrogens with zero attached hydrogens (tertiary/aromatic N) is 4. The van der Waals surface area contributed by atoms with Crippen LogP contribution in [0.1, 0.15) is 11.7 Å². The van der Waals surface area contributed by atoms with E-state index in [2.05, 4.69) is 9.98 Å². The van der Waals surface area contributed by atoms with Crippen molar-refractivity contribution >= 4 is 11.8 Å². The van der Waals surface area contributed by atoms with Gasteiger partial charge in [0.1, 0.15) is 17.8 Å². The van der Waals surface area contributed by atoms with Gasteiger partial charge in [-0.1, -0.05) is 0 Å². The highest BCUT2D eigenvalue weighted by molar-refractivity contribution is 5.85. The Balaban J connectivity index is 1.95. The lowest BCUT2D eigenvalue weighted by Gasteiger charge is -2.38. The van der Waals surface area contributed by atoms with E-state index in [0.717, 1.165) is 11.5 Å². The Morgan fingerprint density at radius 1 is 1.57 bits per heavy atom. The molecule has 4 heterocycles. The second-order valence-electron chi connectivity index (χ2n) is 3.88. The van der Waals surface area contributed by atoms with E-state index in [1.807, 2.05) is 16.5 Å². The molecule has 1 aromatic rings. The molecule has 6 nitrogen and oxygen atoms in total. The highest BCUT2D eigenvalue weighted by Crippen LogP contribution is 2.55. The van der Waals surface area contributed by atoms with Gasteiger partial charge in [-0.05, 0) is 0 Å². The quantitative estimate of drug-likeness (QED) is 0.559. The average molecular weight is 191 g/mol. The minimum absolute atomic E-state index is 0.166. The van der Waals surface area contributed by atoms with Gasteiger partial charge in [0.25, 0.3) is 0 Å². The summed E-state index contributed by atoms with van der Waals surface area (Å²) < 4.78 is 7.31. The molecule has 0 aromatic carbocycles. The van der Waals surface area contributed by atoms with Crippen LogP contribution in [0.4, 0.5) is 5.82 Å². The highest BCUT2D eigenvalue weighted by atomic mass is 16.6. The summed E-state index contributed by atoms with van der Waals surface area (Å²) in [5.41, 5.74) is 6.82. The summed E-state index contributed by atoms with van der Waals surface area (Å²) >= 11 is 0. The lowest BCUT2D eigenvalue weighted by molar-refractivity contribution is 0.197. The van der Waals surface area contributed by atoms with Crippen molar-refractivity contribution in [3.8, 4) is 0 Å². The van der Waals surface area contributed by atoms with Gasteiger partial charge < -0.3 is 19.9 Å². The van der Waals surface area contributed by atoms with Crippen molar-refractivity contribution in [3.05, 3.63) is 12.0 Å². The molecule has 1 aromatic heterocycles.